The van der Waals surface area contributed by atoms with E-state index in [0.29, 0.717) is 21.8 Å². The van der Waals surface area contributed by atoms with Crippen LogP contribution < -0.4 is 0 Å². The van der Waals surface area contributed by atoms with E-state index in [-0.39, 0.29) is 5.78 Å². The highest BCUT2D eigenvalue weighted by atomic mass is 35.5. The van der Waals surface area contributed by atoms with Gasteiger partial charge in [0.2, 0.25) is 0 Å². The molecule has 0 unspecified atom stereocenters. The molecule has 0 aliphatic heterocycles. The third kappa shape index (κ3) is 1.97. The highest BCUT2D eigenvalue weighted by molar-refractivity contribution is 6.35. The molecule has 0 atom stereocenters. The Morgan fingerprint density at radius 1 is 1.12 bits per heavy atom. The lowest BCUT2D eigenvalue weighted by Gasteiger charge is -2.05. The predicted octanol–water partition coefficient (Wildman–Crippen LogP) is 3.27. The number of nitrogens with zero attached hydrogens (tertiary/aromatic N) is 1. The number of aryl methyl sites for hydroxylation is 1. The van der Waals surface area contributed by atoms with Crippen molar-refractivity contribution in [3.63, 3.8) is 0 Å². The van der Waals surface area contributed by atoms with E-state index in [4.69, 9.17) is 11.6 Å². The smallest absolute Gasteiger partial charge is 0.196 e. The number of halogens is 1. The van der Waals surface area contributed by atoms with Gasteiger partial charge in [0.15, 0.2) is 5.78 Å². The van der Waals surface area contributed by atoms with Crippen LogP contribution in [0.3, 0.4) is 0 Å². The van der Waals surface area contributed by atoms with E-state index in [1.165, 1.54) is 0 Å². The van der Waals surface area contributed by atoms with Gasteiger partial charge in [-0.05, 0) is 31.2 Å². The molecule has 0 aliphatic carbocycles. The van der Waals surface area contributed by atoms with E-state index in [2.05, 4.69) is 4.98 Å². The van der Waals surface area contributed by atoms with Crippen molar-refractivity contribution in [2.24, 2.45) is 0 Å². The molecule has 1 heterocycles. The van der Waals surface area contributed by atoms with Gasteiger partial charge in [0.05, 0.1) is 5.02 Å². The van der Waals surface area contributed by atoms with Crippen LogP contribution in [0.4, 0.5) is 0 Å². The lowest BCUT2D eigenvalue weighted by Crippen LogP contribution is -2.05. The minimum absolute atomic E-state index is 0.0869. The first-order valence-corrected chi connectivity index (χ1v) is 5.29. The molecule has 0 spiro atoms. The Morgan fingerprint density at radius 3 is 2.50 bits per heavy atom. The Labute approximate surface area is 98.9 Å². The first kappa shape index (κ1) is 10.8. The molecule has 2 rings (SSSR count). The minimum atomic E-state index is -0.0869. The second-order valence-electron chi connectivity index (χ2n) is 3.45. The Morgan fingerprint density at radius 2 is 1.81 bits per heavy atom. The summed E-state index contributed by atoms with van der Waals surface area (Å²) < 4.78 is 0. The molecule has 0 amide bonds. The number of rotatable bonds is 2. The molecule has 0 radical (unpaired) electrons. The summed E-state index contributed by atoms with van der Waals surface area (Å²) in [6, 6.07) is 10.5. The molecule has 16 heavy (non-hydrogen) atoms. The van der Waals surface area contributed by atoms with Gasteiger partial charge < -0.3 is 0 Å². The van der Waals surface area contributed by atoms with E-state index in [9.17, 15) is 4.79 Å². The van der Waals surface area contributed by atoms with Crippen LogP contribution in [0.1, 0.15) is 21.6 Å². The van der Waals surface area contributed by atoms with Gasteiger partial charge in [-0.2, -0.15) is 0 Å². The van der Waals surface area contributed by atoms with Crippen molar-refractivity contribution in [1.29, 1.82) is 0 Å². The van der Waals surface area contributed by atoms with Crippen molar-refractivity contribution in [3.05, 3.63) is 64.4 Å². The van der Waals surface area contributed by atoms with Gasteiger partial charge in [-0.25, -0.2) is 0 Å². The zero-order valence-electron chi connectivity index (χ0n) is 8.77. The third-order valence-corrected chi connectivity index (χ3v) is 2.70. The summed E-state index contributed by atoms with van der Waals surface area (Å²) in [4.78, 5) is 16.3. The van der Waals surface area contributed by atoms with Crippen LogP contribution in [0, 0.1) is 6.92 Å². The van der Waals surface area contributed by atoms with Crippen LogP contribution in [0.2, 0.25) is 5.02 Å². The molecule has 0 saturated carbocycles. The number of pyridine rings is 1. The lowest BCUT2D eigenvalue weighted by atomic mass is 10.0. The largest absolute Gasteiger partial charge is 0.288 e. The number of benzene rings is 1. The standard InChI is InChI=1S/C13H10ClNO/c1-9-10(6-4-8-15-9)13(16)11-5-2-3-7-12(11)14/h2-8H,1H3. The van der Waals surface area contributed by atoms with Crippen LogP contribution in [-0.4, -0.2) is 10.8 Å². The third-order valence-electron chi connectivity index (χ3n) is 2.37. The highest BCUT2D eigenvalue weighted by Gasteiger charge is 2.14. The molecule has 0 fully saturated rings. The van der Waals surface area contributed by atoms with E-state index in [1.54, 1.807) is 42.6 Å². The summed E-state index contributed by atoms with van der Waals surface area (Å²) in [5.41, 5.74) is 1.82. The fraction of sp³-hybridized carbons (Fsp3) is 0.0769. The fourth-order valence-corrected chi connectivity index (χ4v) is 1.74. The van der Waals surface area contributed by atoms with Gasteiger partial charge in [-0.3, -0.25) is 9.78 Å². The number of carbonyl (C=O) groups excluding carboxylic acids is 1. The van der Waals surface area contributed by atoms with Crippen molar-refractivity contribution < 1.29 is 4.79 Å². The van der Waals surface area contributed by atoms with Gasteiger partial charge in [0, 0.05) is 23.0 Å². The first-order valence-electron chi connectivity index (χ1n) is 4.91. The van der Waals surface area contributed by atoms with Gasteiger partial charge in [-0.1, -0.05) is 23.7 Å². The van der Waals surface area contributed by atoms with Crippen molar-refractivity contribution >= 4 is 17.4 Å². The molecule has 0 saturated heterocycles. The summed E-state index contributed by atoms with van der Waals surface area (Å²) >= 11 is 5.98. The Bertz CT molecular complexity index is 489. The predicted molar refractivity (Wildman–Crippen MR) is 63.9 cm³/mol. The summed E-state index contributed by atoms with van der Waals surface area (Å²) in [6.07, 6.45) is 1.67. The van der Waals surface area contributed by atoms with E-state index < -0.39 is 0 Å². The highest BCUT2D eigenvalue weighted by Crippen LogP contribution is 2.19. The maximum atomic E-state index is 12.2. The molecule has 0 aliphatic rings. The quantitative estimate of drug-likeness (QED) is 0.743. The Hall–Kier alpha value is -1.67. The monoisotopic (exact) mass is 231 g/mol. The molecule has 0 bridgehead atoms. The van der Waals surface area contributed by atoms with Gasteiger partial charge in [0.1, 0.15) is 0 Å². The number of ketones is 1. The van der Waals surface area contributed by atoms with Crippen LogP contribution in [-0.2, 0) is 0 Å². The van der Waals surface area contributed by atoms with E-state index in [0.717, 1.165) is 0 Å². The molecule has 2 nitrogen and oxygen atoms in total. The normalized spacial score (nSPS) is 10.1. The Balaban J connectivity index is 2.48. The molecule has 0 N–H and O–H groups in total. The number of aromatic nitrogens is 1. The minimum Gasteiger partial charge on any atom is -0.288 e. The summed E-state index contributed by atoms with van der Waals surface area (Å²) in [5.74, 6) is -0.0869. The topological polar surface area (TPSA) is 30.0 Å². The zero-order valence-corrected chi connectivity index (χ0v) is 9.53. The molecular formula is C13H10ClNO. The van der Waals surface area contributed by atoms with Gasteiger partial charge >= 0.3 is 0 Å². The summed E-state index contributed by atoms with van der Waals surface area (Å²) in [7, 11) is 0. The molecule has 2 aromatic rings. The van der Waals surface area contributed by atoms with Crippen LogP contribution in [0.25, 0.3) is 0 Å². The number of carbonyl (C=O) groups is 1. The maximum Gasteiger partial charge on any atom is 0.196 e. The van der Waals surface area contributed by atoms with Crippen molar-refractivity contribution in [3.8, 4) is 0 Å². The zero-order chi connectivity index (χ0) is 11.5. The molecule has 80 valence electrons. The van der Waals surface area contributed by atoms with Crippen LogP contribution in [0.15, 0.2) is 42.6 Å². The van der Waals surface area contributed by atoms with Crippen molar-refractivity contribution in [1.82, 2.24) is 4.98 Å². The second kappa shape index (κ2) is 4.45. The average molecular weight is 232 g/mol. The van der Waals surface area contributed by atoms with E-state index in [1.807, 2.05) is 6.92 Å². The van der Waals surface area contributed by atoms with Crippen LogP contribution in [0.5, 0.6) is 0 Å². The maximum absolute atomic E-state index is 12.2. The molecular weight excluding hydrogens is 222 g/mol. The number of hydrogen-bond donors (Lipinski definition) is 0. The number of hydrogen-bond acceptors (Lipinski definition) is 2. The summed E-state index contributed by atoms with van der Waals surface area (Å²) in [5, 5.41) is 0.468. The van der Waals surface area contributed by atoms with Gasteiger partial charge in [0.25, 0.3) is 0 Å². The van der Waals surface area contributed by atoms with E-state index >= 15 is 0 Å². The molecule has 1 aromatic carbocycles. The van der Waals surface area contributed by atoms with Crippen LogP contribution >= 0.6 is 11.6 Å². The Kier molecular flexibility index (Phi) is 3.02. The fourth-order valence-electron chi connectivity index (χ4n) is 1.51. The van der Waals surface area contributed by atoms with Crippen molar-refractivity contribution in [2.75, 3.05) is 0 Å². The molecule has 1 aromatic heterocycles. The first-order chi connectivity index (χ1) is 7.70. The summed E-state index contributed by atoms with van der Waals surface area (Å²) in [6.45, 7) is 1.81. The van der Waals surface area contributed by atoms with Crippen molar-refractivity contribution in [2.45, 2.75) is 6.92 Å². The van der Waals surface area contributed by atoms with Gasteiger partial charge in [-0.15, -0.1) is 0 Å². The SMILES string of the molecule is Cc1ncccc1C(=O)c1ccccc1Cl. The second-order valence-corrected chi connectivity index (χ2v) is 3.85. The average Bonchev–Trinajstić information content (AvgIpc) is 2.29. The molecule has 3 heteroatoms. The lowest BCUT2D eigenvalue weighted by molar-refractivity contribution is 0.103.